The fraction of sp³-hybridized carbons (Fsp3) is 0.562. The molecule has 2 N–H and O–H groups in total. The van der Waals surface area contributed by atoms with Crippen LogP contribution in [0.15, 0.2) is 24.3 Å². The summed E-state index contributed by atoms with van der Waals surface area (Å²) in [6.07, 6.45) is 2.46. The summed E-state index contributed by atoms with van der Waals surface area (Å²) in [7, 11) is 0. The molecule has 0 unspecified atom stereocenters. The van der Waals surface area contributed by atoms with Crippen molar-refractivity contribution in [2.75, 3.05) is 19.6 Å². The molecule has 3 nitrogen and oxygen atoms in total. The smallest absolute Gasteiger partial charge is 0.275 e. The average Bonchev–Trinajstić information content (AvgIpc) is 2.41. The van der Waals surface area contributed by atoms with Crippen molar-refractivity contribution in [3.63, 3.8) is 0 Å². The highest BCUT2D eigenvalue weighted by Crippen LogP contribution is 2.17. The van der Waals surface area contributed by atoms with Crippen LogP contribution in [0.1, 0.15) is 38.3 Å². The van der Waals surface area contributed by atoms with E-state index in [-0.39, 0.29) is 11.9 Å². The topological polar surface area (TPSA) is 33.5 Å². The lowest BCUT2D eigenvalue weighted by Crippen LogP contribution is -3.14. The third-order valence-electron chi connectivity index (χ3n) is 4.12. The van der Waals surface area contributed by atoms with Crippen LogP contribution in [0, 0.1) is 5.92 Å². The number of benzene rings is 1. The van der Waals surface area contributed by atoms with Crippen LogP contribution in [0.4, 0.5) is 0 Å². The Morgan fingerprint density at radius 1 is 1.45 bits per heavy atom. The van der Waals surface area contributed by atoms with Crippen molar-refractivity contribution < 1.29 is 9.69 Å². The van der Waals surface area contributed by atoms with Crippen LogP contribution in [0.3, 0.4) is 0 Å². The fourth-order valence-corrected chi connectivity index (χ4v) is 2.92. The van der Waals surface area contributed by atoms with E-state index in [0.717, 1.165) is 24.6 Å². The highest BCUT2D eigenvalue weighted by atomic mass is 35.5. The molecule has 1 aliphatic rings. The van der Waals surface area contributed by atoms with E-state index in [4.69, 9.17) is 11.6 Å². The molecule has 1 heterocycles. The summed E-state index contributed by atoms with van der Waals surface area (Å²) in [5.74, 6) is 0.939. The number of carbonyl (C=O) groups is 1. The van der Waals surface area contributed by atoms with E-state index < -0.39 is 0 Å². The second-order valence-corrected chi connectivity index (χ2v) is 6.39. The SMILES string of the molecule is CC1CC[NH+](CC(=O)N[C@H](C)c2cccc(Cl)c2)CC1. The molecule has 110 valence electrons. The summed E-state index contributed by atoms with van der Waals surface area (Å²) < 4.78 is 0. The summed E-state index contributed by atoms with van der Waals surface area (Å²) in [6, 6.07) is 7.66. The molecule has 1 amide bonds. The molecule has 1 atom stereocenters. The molecule has 1 aliphatic heterocycles. The highest BCUT2D eigenvalue weighted by molar-refractivity contribution is 6.30. The lowest BCUT2D eigenvalue weighted by atomic mass is 9.99. The second kappa shape index (κ2) is 7.09. The lowest BCUT2D eigenvalue weighted by Gasteiger charge is -2.27. The van der Waals surface area contributed by atoms with Crippen molar-refractivity contribution in [1.82, 2.24) is 5.32 Å². The Morgan fingerprint density at radius 2 is 2.15 bits per heavy atom. The number of carbonyl (C=O) groups excluding carboxylic acids is 1. The van der Waals surface area contributed by atoms with Gasteiger partial charge in [0.15, 0.2) is 6.54 Å². The van der Waals surface area contributed by atoms with Crippen LogP contribution in [0.2, 0.25) is 5.02 Å². The quantitative estimate of drug-likeness (QED) is 0.873. The molecular weight excluding hydrogens is 272 g/mol. The van der Waals surface area contributed by atoms with Crippen LogP contribution in [0.5, 0.6) is 0 Å². The molecule has 1 aromatic carbocycles. The number of hydrogen-bond donors (Lipinski definition) is 2. The molecule has 0 spiro atoms. The molecule has 20 heavy (non-hydrogen) atoms. The average molecular weight is 296 g/mol. The maximum absolute atomic E-state index is 12.1. The van der Waals surface area contributed by atoms with E-state index >= 15 is 0 Å². The van der Waals surface area contributed by atoms with Crippen molar-refractivity contribution in [2.24, 2.45) is 5.92 Å². The number of halogens is 1. The third-order valence-corrected chi connectivity index (χ3v) is 4.35. The Labute approximate surface area is 126 Å². The third kappa shape index (κ3) is 4.50. The van der Waals surface area contributed by atoms with Gasteiger partial charge in [-0.05, 0) is 43.4 Å². The van der Waals surface area contributed by atoms with Crippen molar-refractivity contribution in [2.45, 2.75) is 32.7 Å². The molecule has 0 aromatic heterocycles. The lowest BCUT2D eigenvalue weighted by molar-refractivity contribution is -0.898. The van der Waals surface area contributed by atoms with Gasteiger partial charge in [0, 0.05) is 5.02 Å². The number of rotatable bonds is 4. The minimum absolute atomic E-state index is 0.00399. The zero-order valence-corrected chi connectivity index (χ0v) is 13.0. The molecule has 4 heteroatoms. The molecule has 1 saturated heterocycles. The summed E-state index contributed by atoms with van der Waals surface area (Å²) in [5.41, 5.74) is 1.05. The van der Waals surface area contributed by atoms with Gasteiger partial charge in [0.1, 0.15) is 0 Å². The van der Waals surface area contributed by atoms with E-state index in [9.17, 15) is 4.79 Å². The zero-order chi connectivity index (χ0) is 14.5. The number of piperidine rings is 1. The van der Waals surface area contributed by atoms with Gasteiger partial charge in [-0.15, -0.1) is 0 Å². The molecule has 1 aromatic rings. The zero-order valence-electron chi connectivity index (χ0n) is 12.3. The maximum Gasteiger partial charge on any atom is 0.275 e. The Hall–Kier alpha value is -1.06. The summed E-state index contributed by atoms with van der Waals surface area (Å²) in [4.78, 5) is 13.5. The predicted molar refractivity (Wildman–Crippen MR) is 82.0 cm³/mol. The van der Waals surface area contributed by atoms with Crippen LogP contribution in [-0.2, 0) is 4.79 Å². The number of quaternary nitrogens is 1. The Morgan fingerprint density at radius 3 is 2.80 bits per heavy atom. The first-order valence-corrected chi connectivity index (χ1v) is 7.81. The Bertz CT molecular complexity index is 456. The highest BCUT2D eigenvalue weighted by Gasteiger charge is 2.22. The largest absolute Gasteiger partial charge is 0.345 e. The van der Waals surface area contributed by atoms with Crippen LogP contribution in [0.25, 0.3) is 0 Å². The van der Waals surface area contributed by atoms with Crippen molar-refractivity contribution in [3.05, 3.63) is 34.9 Å². The van der Waals surface area contributed by atoms with E-state index in [1.807, 2.05) is 31.2 Å². The number of likely N-dealkylation sites (tertiary alicyclic amines) is 1. The van der Waals surface area contributed by atoms with Crippen LogP contribution >= 0.6 is 11.6 Å². The van der Waals surface area contributed by atoms with Gasteiger partial charge in [0.2, 0.25) is 0 Å². The van der Waals surface area contributed by atoms with Crippen molar-refractivity contribution in [3.8, 4) is 0 Å². The van der Waals surface area contributed by atoms with E-state index in [1.165, 1.54) is 17.7 Å². The van der Waals surface area contributed by atoms with Crippen LogP contribution < -0.4 is 10.2 Å². The predicted octanol–water partition coefficient (Wildman–Crippen LogP) is 1.83. The molecule has 0 saturated carbocycles. The van der Waals surface area contributed by atoms with Gasteiger partial charge in [-0.25, -0.2) is 0 Å². The molecule has 0 bridgehead atoms. The molecule has 0 aliphatic carbocycles. The summed E-state index contributed by atoms with van der Waals surface area (Å²) >= 11 is 5.98. The summed E-state index contributed by atoms with van der Waals surface area (Å²) in [5, 5.41) is 3.77. The fourth-order valence-electron chi connectivity index (χ4n) is 2.73. The van der Waals surface area contributed by atoms with Gasteiger partial charge in [-0.2, -0.15) is 0 Å². The van der Waals surface area contributed by atoms with Gasteiger partial charge in [0.05, 0.1) is 19.1 Å². The minimum Gasteiger partial charge on any atom is -0.345 e. The first-order chi connectivity index (χ1) is 9.54. The van der Waals surface area contributed by atoms with Gasteiger partial charge >= 0.3 is 0 Å². The van der Waals surface area contributed by atoms with Crippen molar-refractivity contribution >= 4 is 17.5 Å². The maximum atomic E-state index is 12.1. The molecule has 0 radical (unpaired) electrons. The first-order valence-electron chi connectivity index (χ1n) is 7.43. The molecule has 2 rings (SSSR count). The number of hydrogen-bond acceptors (Lipinski definition) is 1. The van der Waals surface area contributed by atoms with Gasteiger partial charge in [0.25, 0.3) is 5.91 Å². The first kappa shape index (κ1) is 15.3. The minimum atomic E-state index is 0.00399. The number of amides is 1. The Kier molecular flexibility index (Phi) is 5.44. The molecular formula is C16H24ClN2O+. The van der Waals surface area contributed by atoms with E-state index in [1.54, 1.807) is 0 Å². The van der Waals surface area contributed by atoms with E-state index in [0.29, 0.717) is 11.6 Å². The van der Waals surface area contributed by atoms with Crippen LogP contribution in [-0.4, -0.2) is 25.5 Å². The molecule has 1 fully saturated rings. The van der Waals surface area contributed by atoms with Gasteiger partial charge in [-0.3, -0.25) is 4.79 Å². The normalized spacial score (nSPS) is 24.1. The summed E-state index contributed by atoms with van der Waals surface area (Å²) in [6.45, 7) is 7.09. The number of nitrogens with one attached hydrogen (secondary N) is 2. The van der Waals surface area contributed by atoms with Gasteiger partial charge < -0.3 is 10.2 Å². The second-order valence-electron chi connectivity index (χ2n) is 5.95. The van der Waals surface area contributed by atoms with Crippen molar-refractivity contribution in [1.29, 1.82) is 0 Å². The van der Waals surface area contributed by atoms with E-state index in [2.05, 4.69) is 12.2 Å². The standard InChI is InChI=1S/C16H23ClN2O/c1-12-6-8-19(9-7-12)11-16(20)18-13(2)14-4-3-5-15(17)10-14/h3-5,10,12-13H,6-9,11H2,1-2H3,(H,18,20)/p+1/t13-/m1/s1. The Balaban J connectivity index is 1.82. The monoisotopic (exact) mass is 295 g/mol. The van der Waals surface area contributed by atoms with Gasteiger partial charge in [-0.1, -0.05) is 30.7 Å².